The molecule has 0 unspecified atom stereocenters. The summed E-state index contributed by atoms with van der Waals surface area (Å²) >= 11 is 1.35. The predicted molar refractivity (Wildman–Crippen MR) is 97.1 cm³/mol. The van der Waals surface area contributed by atoms with E-state index in [0.29, 0.717) is 10.7 Å². The van der Waals surface area contributed by atoms with Crippen LogP contribution in [0.1, 0.15) is 17.3 Å². The number of hydrogen-bond donors (Lipinski definition) is 1. The molecule has 0 saturated heterocycles. The van der Waals surface area contributed by atoms with Crippen molar-refractivity contribution in [2.24, 2.45) is 0 Å². The van der Waals surface area contributed by atoms with E-state index in [9.17, 15) is 4.79 Å². The van der Waals surface area contributed by atoms with Gasteiger partial charge in [-0.2, -0.15) is 4.68 Å². The quantitative estimate of drug-likeness (QED) is 0.441. The first-order valence-electron chi connectivity index (χ1n) is 7.85. The van der Waals surface area contributed by atoms with Gasteiger partial charge in [0.1, 0.15) is 0 Å². The van der Waals surface area contributed by atoms with Crippen LogP contribution >= 0.6 is 11.8 Å². The number of carbonyl (C=O) groups excluding carboxylic acids is 1. The highest BCUT2D eigenvalue weighted by molar-refractivity contribution is 8.00. The van der Waals surface area contributed by atoms with Gasteiger partial charge in [-0.3, -0.25) is 4.79 Å². The van der Waals surface area contributed by atoms with Crippen molar-refractivity contribution in [2.45, 2.75) is 17.3 Å². The largest absolute Gasteiger partial charge is 0.360 e. The molecule has 2 heterocycles. The highest BCUT2D eigenvalue weighted by Crippen LogP contribution is 2.27. The van der Waals surface area contributed by atoms with Crippen molar-refractivity contribution in [2.75, 3.05) is 0 Å². The smallest absolute Gasteiger partial charge is 0.214 e. The van der Waals surface area contributed by atoms with Crippen molar-refractivity contribution < 1.29 is 4.79 Å². The number of nitrogens with one attached hydrogen (secondary N) is 1. The number of para-hydroxylation sites is 2. The van der Waals surface area contributed by atoms with Gasteiger partial charge in [0.05, 0.1) is 10.9 Å². The van der Waals surface area contributed by atoms with E-state index in [0.717, 1.165) is 16.6 Å². The lowest BCUT2D eigenvalue weighted by Crippen LogP contribution is -2.14. The second-order valence-corrected chi connectivity index (χ2v) is 6.89. The monoisotopic (exact) mass is 349 g/mol. The van der Waals surface area contributed by atoms with E-state index in [1.54, 1.807) is 10.9 Å². The lowest BCUT2D eigenvalue weighted by atomic mass is 10.1. The number of ketones is 1. The molecule has 0 aliphatic heterocycles. The summed E-state index contributed by atoms with van der Waals surface area (Å²) in [5.41, 5.74) is 2.51. The number of tetrazole rings is 1. The number of hydrogen-bond acceptors (Lipinski definition) is 5. The topological polar surface area (TPSA) is 76.5 Å². The van der Waals surface area contributed by atoms with Gasteiger partial charge in [-0.05, 0) is 35.5 Å². The maximum atomic E-state index is 12.9. The lowest BCUT2D eigenvalue weighted by Gasteiger charge is -2.09. The zero-order valence-electron chi connectivity index (χ0n) is 13.5. The van der Waals surface area contributed by atoms with Gasteiger partial charge in [-0.15, -0.1) is 5.10 Å². The third kappa shape index (κ3) is 2.94. The van der Waals surface area contributed by atoms with Crippen LogP contribution in [-0.4, -0.2) is 36.2 Å². The van der Waals surface area contributed by atoms with Gasteiger partial charge in [0.15, 0.2) is 5.78 Å². The predicted octanol–water partition coefficient (Wildman–Crippen LogP) is 3.51. The molecule has 0 spiro atoms. The van der Waals surface area contributed by atoms with Crippen LogP contribution in [0.2, 0.25) is 0 Å². The molecule has 1 atom stereocenters. The summed E-state index contributed by atoms with van der Waals surface area (Å²) in [5.74, 6) is 0.0464. The summed E-state index contributed by atoms with van der Waals surface area (Å²) in [6.07, 6.45) is 1.77. The number of carbonyl (C=O) groups is 1. The number of rotatable bonds is 5. The third-order valence-corrected chi connectivity index (χ3v) is 4.98. The highest BCUT2D eigenvalue weighted by Gasteiger charge is 2.22. The van der Waals surface area contributed by atoms with Gasteiger partial charge in [-0.1, -0.05) is 48.2 Å². The number of nitrogens with zero attached hydrogens (tertiary/aromatic N) is 4. The summed E-state index contributed by atoms with van der Waals surface area (Å²) in [6.45, 7) is 1.87. The van der Waals surface area contributed by atoms with Gasteiger partial charge in [-0.25, -0.2) is 0 Å². The van der Waals surface area contributed by atoms with E-state index in [1.165, 1.54) is 11.8 Å². The van der Waals surface area contributed by atoms with E-state index in [4.69, 9.17) is 0 Å². The number of thioether (sulfide) groups is 1. The molecule has 124 valence electrons. The van der Waals surface area contributed by atoms with Crippen molar-refractivity contribution in [1.29, 1.82) is 0 Å². The zero-order chi connectivity index (χ0) is 17.2. The van der Waals surface area contributed by atoms with Crippen LogP contribution in [0.15, 0.2) is 66.0 Å². The Labute approximate surface area is 148 Å². The highest BCUT2D eigenvalue weighted by atomic mass is 32.2. The Morgan fingerprint density at radius 3 is 2.72 bits per heavy atom. The van der Waals surface area contributed by atoms with Crippen LogP contribution in [0.4, 0.5) is 0 Å². The fourth-order valence-corrected chi connectivity index (χ4v) is 3.57. The maximum Gasteiger partial charge on any atom is 0.214 e. The Kier molecular flexibility index (Phi) is 4.07. The summed E-state index contributed by atoms with van der Waals surface area (Å²) in [6, 6.07) is 17.4. The van der Waals surface area contributed by atoms with Gasteiger partial charge in [0.25, 0.3) is 0 Å². The van der Waals surface area contributed by atoms with Crippen molar-refractivity contribution in [3.8, 4) is 5.69 Å². The molecule has 2 aromatic heterocycles. The molecule has 1 N–H and O–H groups in total. The van der Waals surface area contributed by atoms with E-state index >= 15 is 0 Å². The average molecular weight is 349 g/mol. The molecule has 0 bridgehead atoms. The molecule has 0 fully saturated rings. The summed E-state index contributed by atoms with van der Waals surface area (Å²) < 4.78 is 1.64. The van der Waals surface area contributed by atoms with Crippen LogP contribution < -0.4 is 0 Å². The number of H-pyrrole nitrogens is 1. The minimum atomic E-state index is -0.312. The second kappa shape index (κ2) is 6.52. The normalized spacial score (nSPS) is 12.4. The molecule has 25 heavy (non-hydrogen) atoms. The summed E-state index contributed by atoms with van der Waals surface area (Å²) in [5, 5.41) is 13.1. The molecular formula is C18H15N5OS. The van der Waals surface area contributed by atoms with Gasteiger partial charge >= 0.3 is 0 Å². The molecule has 0 radical (unpaired) electrons. The zero-order valence-corrected chi connectivity index (χ0v) is 14.3. The number of aromatic nitrogens is 5. The van der Waals surface area contributed by atoms with Crippen LogP contribution in [0, 0.1) is 0 Å². The summed E-state index contributed by atoms with van der Waals surface area (Å²) in [4.78, 5) is 16.0. The van der Waals surface area contributed by atoms with E-state index in [2.05, 4.69) is 20.5 Å². The third-order valence-electron chi connectivity index (χ3n) is 3.95. The van der Waals surface area contributed by atoms with E-state index in [-0.39, 0.29) is 11.0 Å². The molecule has 0 aliphatic carbocycles. The van der Waals surface area contributed by atoms with Crippen molar-refractivity contribution in [3.05, 3.63) is 66.4 Å². The van der Waals surface area contributed by atoms with Gasteiger partial charge in [0, 0.05) is 22.7 Å². The molecule has 0 aliphatic rings. The standard InChI is InChI=1S/C18H15N5OS/c1-12(17(24)15-11-19-16-10-6-5-9-14(15)16)25-18-20-21-22-23(18)13-7-3-2-4-8-13/h2-12,19H,1H3/t12-/m1/s1. The number of benzene rings is 2. The average Bonchev–Trinajstić information content (AvgIpc) is 3.28. The molecule has 4 aromatic rings. The maximum absolute atomic E-state index is 12.9. The van der Waals surface area contributed by atoms with E-state index < -0.39 is 0 Å². The van der Waals surface area contributed by atoms with Gasteiger partial charge < -0.3 is 4.98 Å². The molecule has 4 rings (SSSR count). The first-order valence-corrected chi connectivity index (χ1v) is 8.73. The Morgan fingerprint density at radius 2 is 1.88 bits per heavy atom. The minimum Gasteiger partial charge on any atom is -0.360 e. The number of aromatic amines is 1. The fourth-order valence-electron chi connectivity index (χ4n) is 2.69. The van der Waals surface area contributed by atoms with E-state index in [1.807, 2.05) is 61.5 Å². The van der Waals surface area contributed by atoms with Crippen molar-refractivity contribution in [3.63, 3.8) is 0 Å². The van der Waals surface area contributed by atoms with Crippen molar-refractivity contribution >= 4 is 28.4 Å². The Hall–Kier alpha value is -2.93. The Bertz CT molecular complexity index is 1020. The van der Waals surface area contributed by atoms with Crippen LogP contribution in [0.5, 0.6) is 0 Å². The molecule has 0 saturated carbocycles. The second-order valence-electron chi connectivity index (χ2n) is 5.58. The first-order chi connectivity index (χ1) is 12.2. The Balaban J connectivity index is 1.60. The molecule has 7 heteroatoms. The Morgan fingerprint density at radius 1 is 1.12 bits per heavy atom. The van der Waals surface area contributed by atoms with Crippen LogP contribution in [0.25, 0.3) is 16.6 Å². The molecule has 2 aromatic carbocycles. The van der Waals surface area contributed by atoms with Crippen molar-refractivity contribution in [1.82, 2.24) is 25.2 Å². The molecular weight excluding hydrogens is 334 g/mol. The minimum absolute atomic E-state index is 0.0464. The van der Waals surface area contributed by atoms with Gasteiger partial charge in [0.2, 0.25) is 5.16 Å². The van der Waals surface area contributed by atoms with Crippen LogP contribution in [-0.2, 0) is 0 Å². The first kappa shape index (κ1) is 15.6. The number of Topliss-reactive ketones (excluding diaryl/α,β-unsaturated/α-hetero) is 1. The lowest BCUT2D eigenvalue weighted by molar-refractivity contribution is 0.0995. The number of fused-ring (bicyclic) bond motifs is 1. The van der Waals surface area contributed by atoms with Crippen LogP contribution in [0.3, 0.4) is 0 Å². The molecule has 0 amide bonds. The SMILES string of the molecule is C[C@@H](Sc1nnnn1-c1ccccc1)C(=O)c1c[nH]c2ccccc12. The molecule has 6 nitrogen and oxygen atoms in total. The summed E-state index contributed by atoms with van der Waals surface area (Å²) in [7, 11) is 0. The fraction of sp³-hybridized carbons (Fsp3) is 0.111.